The third-order valence-corrected chi connectivity index (χ3v) is 5.22. The van der Waals surface area contributed by atoms with Gasteiger partial charge in [-0.05, 0) is 40.0 Å². The van der Waals surface area contributed by atoms with E-state index in [1.165, 1.54) is 12.0 Å². The molecule has 0 spiro atoms. The van der Waals surface area contributed by atoms with Crippen LogP contribution >= 0.6 is 0 Å². The summed E-state index contributed by atoms with van der Waals surface area (Å²) in [5.74, 6) is 0. The highest BCUT2D eigenvalue weighted by Gasteiger charge is 2.33. The van der Waals surface area contributed by atoms with Gasteiger partial charge in [0, 0.05) is 24.4 Å². The van der Waals surface area contributed by atoms with Crippen molar-refractivity contribution in [1.82, 2.24) is 20.4 Å². The van der Waals surface area contributed by atoms with E-state index in [4.69, 9.17) is 4.74 Å². The number of hydrogen-bond acceptors (Lipinski definition) is 3. The number of nitrogens with one attached hydrogen (secondary N) is 2. The fourth-order valence-electron chi connectivity index (χ4n) is 3.86. The molecule has 3 heterocycles. The number of hydrogen-bond donors (Lipinski definition) is 2. The first kappa shape index (κ1) is 16.3. The lowest BCUT2D eigenvalue weighted by molar-refractivity contribution is 0.110. The van der Waals surface area contributed by atoms with Crippen LogP contribution < -0.4 is 5.32 Å². The summed E-state index contributed by atoms with van der Waals surface area (Å²) in [6.07, 6.45) is 5.40. The summed E-state index contributed by atoms with van der Waals surface area (Å²) in [6, 6.07) is 0.283. The number of aryl methyl sites for hydroxylation is 2. The van der Waals surface area contributed by atoms with Gasteiger partial charge < -0.3 is 15.0 Å². The van der Waals surface area contributed by atoms with Gasteiger partial charge in [0.25, 0.3) is 0 Å². The molecule has 1 aromatic rings. The number of aromatic amines is 1. The van der Waals surface area contributed by atoms with E-state index >= 15 is 0 Å². The van der Waals surface area contributed by atoms with Gasteiger partial charge in [0.2, 0.25) is 0 Å². The number of nitrogens with zero attached hydrogens (tertiary/aromatic N) is 2. The van der Waals surface area contributed by atoms with Crippen LogP contribution in [0.1, 0.15) is 62.0 Å². The van der Waals surface area contributed by atoms with Crippen LogP contribution in [0.4, 0.5) is 4.79 Å². The van der Waals surface area contributed by atoms with Crippen molar-refractivity contribution in [2.24, 2.45) is 0 Å². The third kappa shape index (κ3) is 3.37. The van der Waals surface area contributed by atoms with Crippen LogP contribution in [0.2, 0.25) is 0 Å². The highest BCUT2D eigenvalue weighted by atomic mass is 16.5. The summed E-state index contributed by atoms with van der Waals surface area (Å²) in [5.41, 5.74) is 3.27. The average molecular weight is 320 g/mol. The molecular formula is C17H28N4O2. The zero-order chi connectivity index (χ0) is 16.4. The summed E-state index contributed by atoms with van der Waals surface area (Å²) in [7, 11) is 0. The molecule has 0 bridgehead atoms. The Balaban J connectivity index is 1.80. The summed E-state index contributed by atoms with van der Waals surface area (Å²) in [4.78, 5) is 14.9. The Morgan fingerprint density at radius 1 is 1.30 bits per heavy atom. The van der Waals surface area contributed by atoms with Gasteiger partial charge >= 0.3 is 6.03 Å². The topological polar surface area (TPSA) is 70.2 Å². The fraction of sp³-hybridized carbons (Fsp3) is 0.765. The molecule has 0 aliphatic carbocycles. The molecular weight excluding hydrogens is 292 g/mol. The second-order valence-electron chi connectivity index (χ2n) is 6.83. The lowest BCUT2D eigenvalue weighted by Crippen LogP contribution is -2.48. The van der Waals surface area contributed by atoms with Gasteiger partial charge in [-0.25, -0.2) is 4.79 Å². The SMILES string of the molecule is Cc1n[nH]c(C)c1[C@@H]1CCCCCN1C(=O)N[C@H]1CCO[C@H]1C. The Morgan fingerprint density at radius 2 is 2.13 bits per heavy atom. The van der Waals surface area contributed by atoms with E-state index < -0.39 is 0 Å². The molecule has 3 rings (SSSR count). The second-order valence-corrected chi connectivity index (χ2v) is 6.83. The molecule has 6 heteroatoms. The Kier molecular flexibility index (Phi) is 4.90. The number of rotatable bonds is 2. The van der Waals surface area contributed by atoms with E-state index in [0.29, 0.717) is 0 Å². The lowest BCUT2D eigenvalue weighted by Gasteiger charge is -2.32. The van der Waals surface area contributed by atoms with Crippen molar-refractivity contribution in [3.8, 4) is 0 Å². The number of urea groups is 1. The molecule has 0 saturated carbocycles. The quantitative estimate of drug-likeness (QED) is 0.880. The maximum absolute atomic E-state index is 12.9. The normalized spacial score (nSPS) is 28.7. The fourth-order valence-corrected chi connectivity index (χ4v) is 3.86. The molecule has 3 atom stereocenters. The van der Waals surface area contributed by atoms with Gasteiger partial charge in [0.1, 0.15) is 0 Å². The van der Waals surface area contributed by atoms with Crippen molar-refractivity contribution in [3.63, 3.8) is 0 Å². The molecule has 1 aromatic heterocycles. The monoisotopic (exact) mass is 320 g/mol. The molecule has 2 fully saturated rings. The molecule has 2 aliphatic rings. The number of carbonyl (C=O) groups is 1. The molecule has 6 nitrogen and oxygen atoms in total. The minimum atomic E-state index is 0.0410. The second kappa shape index (κ2) is 6.91. The average Bonchev–Trinajstić information content (AvgIpc) is 2.97. The maximum Gasteiger partial charge on any atom is 0.318 e. The van der Waals surface area contributed by atoms with Crippen LogP contribution in [-0.2, 0) is 4.74 Å². The number of amides is 2. The van der Waals surface area contributed by atoms with Crippen molar-refractivity contribution in [2.75, 3.05) is 13.2 Å². The first-order chi connectivity index (χ1) is 11.1. The summed E-state index contributed by atoms with van der Waals surface area (Å²) >= 11 is 0. The largest absolute Gasteiger partial charge is 0.376 e. The van der Waals surface area contributed by atoms with Crippen molar-refractivity contribution < 1.29 is 9.53 Å². The molecule has 2 saturated heterocycles. The van der Waals surface area contributed by atoms with E-state index in [1.807, 2.05) is 25.7 Å². The Bertz CT molecular complexity index is 537. The van der Waals surface area contributed by atoms with Gasteiger partial charge in [0.05, 0.1) is 23.9 Å². The number of aromatic nitrogens is 2. The zero-order valence-electron chi connectivity index (χ0n) is 14.4. The van der Waals surface area contributed by atoms with Gasteiger partial charge in [-0.2, -0.15) is 5.10 Å². The minimum absolute atomic E-state index is 0.0410. The van der Waals surface area contributed by atoms with Crippen molar-refractivity contribution in [3.05, 3.63) is 17.0 Å². The van der Waals surface area contributed by atoms with E-state index in [9.17, 15) is 4.79 Å². The summed E-state index contributed by atoms with van der Waals surface area (Å²) < 4.78 is 5.57. The highest BCUT2D eigenvalue weighted by molar-refractivity contribution is 5.75. The van der Waals surface area contributed by atoms with Gasteiger partial charge in [-0.15, -0.1) is 0 Å². The van der Waals surface area contributed by atoms with Crippen LogP contribution in [0.3, 0.4) is 0 Å². The van der Waals surface area contributed by atoms with Crippen LogP contribution in [0.25, 0.3) is 0 Å². The number of H-pyrrole nitrogens is 1. The van der Waals surface area contributed by atoms with E-state index in [1.54, 1.807) is 0 Å². The van der Waals surface area contributed by atoms with E-state index in [-0.39, 0.29) is 24.2 Å². The standard InChI is InChI=1S/C17H28N4O2/c1-11-16(12(2)20-19-11)15-7-5-4-6-9-21(15)17(22)18-14-8-10-23-13(14)3/h13-15H,4-10H2,1-3H3,(H,18,22)(H,19,20)/t13-,14-,15-/m0/s1. The first-order valence-corrected chi connectivity index (χ1v) is 8.78. The maximum atomic E-state index is 12.9. The van der Waals surface area contributed by atoms with Crippen molar-refractivity contribution in [2.45, 2.75) is 71.1 Å². The Hall–Kier alpha value is -1.56. The highest BCUT2D eigenvalue weighted by Crippen LogP contribution is 2.33. The van der Waals surface area contributed by atoms with E-state index in [2.05, 4.69) is 15.5 Å². The molecule has 0 aromatic carbocycles. The van der Waals surface area contributed by atoms with Crippen LogP contribution in [0, 0.1) is 13.8 Å². The molecule has 0 unspecified atom stereocenters. The molecule has 128 valence electrons. The summed E-state index contributed by atoms with van der Waals surface area (Å²) in [5, 5.41) is 10.6. The van der Waals surface area contributed by atoms with Gasteiger partial charge in [-0.1, -0.05) is 12.8 Å². The smallest absolute Gasteiger partial charge is 0.318 e. The van der Waals surface area contributed by atoms with Crippen molar-refractivity contribution in [1.29, 1.82) is 0 Å². The number of ether oxygens (including phenoxy) is 1. The van der Waals surface area contributed by atoms with Gasteiger partial charge in [0.15, 0.2) is 0 Å². The molecule has 2 aliphatic heterocycles. The predicted molar refractivity (Wildman–Crippen MR) is 88.3 cm³/mol. The first-order valence-electron chi connectivity index (χ1n) is 8.78. The van der Waals surface area contributed by atoms with Crippen LogP contribution in [-0.4, -0.2) is 46.4 Å². The molecule has 2 amide bonds. The number of carbonyl (C=O) groups excluding carboxylic acids is 1. The molecule has 2 N–H and O–H groups in total. The van der Waals surface area contributed by atoms with Crippen LogP contribution in [0.5, 0.6) is 0 Å². The lowest BCUT2D eigenvalue weighted by atomic mass is 9.99. The minimum Gasteiger partial charge on any atom is -0.376 e. The zero-order valence-corrected chi connectivity index (χ0v) is 14.4. The van der Waals surface area contributed by atoms with Crippen LogP contribution in [0.15, 0.2) is 0 Å². The van der Waals surface area contributed by atoms with Gasteiger partial charge in [-0.3, -0.25) is 5.10 Å². The van der Waals surface area contributed by atoms with E-state index in [0.717, 1.165) is 50.2 Å². The Morgan fingerprint density at radius 3 is 2.78 bits per heavy atom. The van der Waals surface area contributed by atoms with Crippen molar-refractivity contribution >= 4 is 6.03 Å². The third-order valence-electron chi connectivity index (χ3n) is 5.22. The molecule has 0 radical (unpaired) electrons. The Labute approximate surface area is 138 Å². The predicted octanol–water partition coefficient (Wildman–Crippen LogP) is 2.83. The summed E-state index contributed by atoms with van der Waals surface area (Å²) in [6.45, 7) is 7.64. The number of likely N-dealkylation sites (tertiary alicyclic amines) is 1. The molecule has 23 heavy (non-hydrogen) atoms.